The lowest BCUT2D eigenvalue weighted by molar-refractivity contribution is -0.384. The minimum Gasteiger partial charge on any atom is -0.258 e. The van der Waals surface area contributed by atoms with Gasteiger partial charge in [-0.25, -0.2) is 0 Å². The Hall–Kier alpha value is -0.610. The van der Waals surface area contributed by atoms with Crippen molar-refractivity contribution in [1.82, 2.24) is 0 Å². The van der Waals surface area contributed by atoms with Crippen molar-refractivity contribution in [2.75, 3.05) is 0 Å². The van der Waals surface area contributed by atoms with E-state index in [-0.39, 0.29) is 16.4 Å². The van der Waals surface area contributed by atoms with Crippen LogP contribution in [0, 0.1) is 16.0 Å². The number of nitro groups is 1. The molecular weight excluding hydrogens is 305 g/mol. The minimum atomic E-state index is -0.433. The molecule has 0 spiro atoms. The summed E-state index contributed by atoms with van der Waals surface area (Å²) in [7, 11) is 0. The topological polar surface area (TPSA) is 43.1 Å². The molecule has 0 saturated carbocycles. The van der Waals surface area contributed by atoms with E-state index in [1.54, 1.807) is 6.07 Å². The van der Waals surface area contributed by atoms with Crippen LogP contribution in [-0.2, 0) is 0 Å². The summed E-state index contributed by atoms with van der Waals surface area (Å²) in [6.07, 6.45) is 0. The largest absolute Gasteiger partial charge is 0.270 e. The van der Waals surface area contributed by atoms with E-state index in [4.69, 9.17) is 11.6 Å². The van der Waals surface area contributed by atoms with E-state index in [1.807, 2.05) is 0 Å². The monoisotopic (exact) mass is 319 g/mol. The third kappa shape index (κ3) is 3.42. The fourth-order valence-corrected chi connectivity index (χ4v) is 3.23. The highest BCUT2D eigenvalue weighted by atomic mass is 79.9. The normalized spacial score (nSPS) is 14.7. The lowest BCUT2D eigenvalue weighted by Crippen LogP contribution is -2.16. The van der Waals surface area contributed by atoms with Crippen LogP contribution in [0.3, 0.4) is 0 Å². The van der Waals surface area contributed by atoms with E-state index in [2.05, 4.69) is 36.7 Å². The third-order valence-electron chi connectivity index (χ3n) is 2.77. The van der Waals surface area contributed by atoms with Crippen molar-refractivity contribution in [3.63, 3.8) is 0 Å². The van der Waals surface area contributed by atoms with Crippen molar-refractivity contribution in [3.05, 3.63) is 38.9 Å². The second-order valence-corrected chi connectivity index (χ2v) is 6.26. The molecule has 1 aromatic rings. The fraction of sp³-hybridized carbons (Fsp3) is 0.500. The summed E-state index contributed by atoms with van der Waals surface area (Å²) < 4.78 is 0. The van der Waals surface area contributed by atoms with Crippen molar-refractivity contribution in [1.29, 1.82) is 0 Å². The van der Waals surface area contributed by atoms with Crippen LogP contribution < -0.4 is 0 Å². The Morgan fingerprint density at radius 1 is 1.35 bits per heavy atom. The zero-order valence-corrected chi connectivity index (χ0v) is 12.3. The van der Waals surface area contributed by atoms with Crippen LogP contribution in [-0.4, -0.2) is 9.75 Å². The van der Waals surface area contributed by atoms with Gasteiger partial charge < -0.3 is 0 Å². The Morgan fingerprint density at radius 3 is 2.29 bits per heavy atom. The van der Waals surface area contributed by atoms with Crippen LogP contribution >= 0.6 is 27.5 Å². The van der Waals surface area contributed by atoms with Gasteiger partial charge in [-0.3, -0.25) is 10.1 Å². The van der Waals surface area contributed by atoms with Gasteiger partial charge in [0.15, 0.2) is 0 Å². The zero-order chi connectivity index (χ0) is 13.2. The van der Waals surface area contributed by atoms with E-state index >= 15 is 0 Å². The first kappa shape index (κ1) is 14.5. The minimum absolute atomic E-state index is 0.0310. The summed E-state index contributed by atoms with van der Waals surface area (Å²) in [4.78, 5) is 10.5. The average molecular weight is 321 g/mol. The summed E-state index contributed by atoms with van der Waals surface area (Å²) in [6.45, 7) is 6.28. The van der Waals surface area contributed by atoms with Gasteiger partial charge in [0.2, 0.25) is 0 Å². The molecule has 2 unspecified atom stereocenters. The quantitative estimate of drug-likeness (QED) is 0.455. The maximum Gasteiger partial charge on any atom is 0.270 e. The van der Waals surface area contributed by atoms with Crippen LogP contribution in [0.1, 0.15) is 32.3 Å². The highest BCUT2D eigenvalue weighted by Crippen LogP contribution is 2.37. The Labute approximate surface area is 114 Å². The van der Waals surface area contributed by atoms with Crippen molar-refractivity contribution in [2.24, 2.45) is 5.92 Å². The highest BCUT2D eigenvalue weighted by molar-refractivity contribution is 9.09. The van der Waals surface area contributed by atoms with Gasteiger partial charge in [-0.15, -0.1) is 0 Å². The van der Waals surface area contributed by atoms with Gasteiger partial charge in [-0.05, 0) is 17.4 Å². The molecule has 0 aliphatic rings. The molecule has 0 heterocycles. The Balaban J connectivity index is 3.18. The van der Waals surface area contributed by atoms with Crippen molar-refractivity contribution >= 4 is 33.2 Å². The molecule has 0 saturated heterocycles. The second kappa shape index (κ2) is 5.83. The number of benzene rings is 1. The molecule has 1 rings (SSSR count). The van der Waals surface area contributed by atoms with Crippen LogP contribution in [0.5, 0.6) is 0 Å². The van der Waals surface area contributed by atoms with Gasteiger partial charge in [0.25, 0.3) is 5.69 Å². The molecule has 5 heteroatoms. The molecule has 0 aromatic heterocycles. The number of rotatable bonds is 4. The van der Waals surface area contributed by atoms with Gasteiger partial charge >= 0.3 is 0 Å². The van der Waals surface area contributed by atoms with Crippen LogP contribution in [0.25, 0.3) is 0 Å². The molecule has 0 fully saturated rings. The van der Waals surface area contributed by atoms with Gasteiger partial charge in [0, 0.05) is 17.0 Å². The number of hydrogen-bond donors (Lipinski definition) is 0. The van der Waals surface area contributed by atoms with E-state index < -0.39 is 4.92 Å². The molecule has 0 bridgehead atoms. The number of nitrogens with zero attached hydrogens (tertiary/aromatic N) is 1. The molecule has 0 N–H and O–H groups in total. The first-order valence-corrected chi connectivity index (χ1v) is 6.72. The molecule has 1 aromatic carbocycles. The second-order valence-electron chi connectivity index (χ2n) is 4.41. The molecule has 94 valence electrons. The summed E-state index contributed by atoms with van der Waals surface area (Å²) in [5.74, 6) is 0.645. The SMILES string of the molecule is CC(C)C(c1ccc([N+](=O)[O-])cc1Cl)C(C)Br. The van der Waals surface area contributed by atoms with E-state index in [9.17, 15) is 10.1 Å². The van der Waals surface area contributed by atoms with Gasteiger partial charge in [-0.1, -0.05) is 54.4 Å². The lowest BCUT2D eigenvalue weighted by atomic mass is 9.86. The van der Waals surface area contributed by atoms with Crippen LogP contribution in [0.15, 0.2) is 18.2 Å². The molecule has 17 heavy (non-hydrogen) atoms. The molecule has 3 nitrogen and oxygen atoms in total. The number of halogens is 2. The Kier molecular flexibility index (Phi) is 4.95. The number of hydrogen-bond acceptors (Lipinski definition) is 2. The molecule has 0 amide bonds. The van der Waals surface area contributed by atoms with Crippen molar-refractivity contribution < 1.29 is 4.92 Å². The van der Waals surface area contributed by atoms with Gasteiger partial charge in [0.1, 0.15) is 0 Å². The van der Waals surface area contributed by atoms with Gasteiger partial charge in [-0.2, -0.15) is 0 Å². The van der Waals surface area contributed by atoms with E-state index in [0.717, 1.165) is 5.56 Å². The van der Waals surface area contributed by atoms with Crippen LogP contribution in [0.2, 0.25) is 5.02 Å². The van der Waals surface area contributed by atoms with Crippen LogP contribution in [0.4, 0.5) is 5.69 Å². The van der Waals surface area contributed by atoms with E-state index in [1.165, 1.54) is 12.1 Å². The van der Waals surface area contributed by atoms with E-state index in [0.29, 0.717) is 10.9 Å². The molecule has 2 atom stereocenters. The first-order chi connectivity index (χ1) is 7.84. The predicted molar refractivity (Wildman–Crippen MR) is 74.1 cm³/mol. The highest BCUT2D eigenvalue weighted by Gasteiger charge is 2.24. The summed E-state index contributed by atoms with van der Waals surface area (Å²) >= 11 is 9.70. The number of nitro benzene ring substituents is 1. The molecule has 0 radical (unpaired) electrons. The standard InChI is InChI=1S/C12H15BrClNO2/c1-7(2)12(8(3)13)10-5-4-9(15(16)17)6-11(10)14/h4-8,12H,1-3H3. The Bertz CT molecular complexity index is 413. The number of alkyl halides is 1. The molecular formula is C12H15BrClNO2. The Morgan fingerprint density at radius 2 is 1.94 bits per heavy atom. The summed E-state index contributed by atoms with van der Waals surface area (Å²) in [6, 6.07) is 4.68. The maximum absolute atomic E-state index is 10.6. The first-order valence-electron chi connectivity index (χ1n) is 5.42. The third-order valence-corrected chi connectivity index (χ3v) is 3.66. The maximum atomic E-state index is 10.6. The zero-order valence-electron chi connectivity index (χ0n) is 9.98. The van der Waals surface area contributed by atoms with Gasteiger partial charge in [0.05, 0.1) is 9.95 Å². The average Bonchev–Trinajstić information content (AvgIpc) is 2.19. The van der Waals surface area contributed by atoms with Crippen molar-refractivity contribution in [2.45, 2.75) is 31.5 Å². The number of non-ortho nitro benzene ring substituents is 1. The summed E-state index contributed by atoms with van der Waals surface area (Å²) in [5.41, 5.74) is 0.986. The predicted octanol–water partition coefficient (Wildman–Crippen LogP) is 4.77. The molecule has 0 aliphatic heterocycles. The lowest BCUT2D eigenvalue weighted by Gasteiger charge is -2.24. The smallest absolute Gasteiger partial charge is 0.258 e. The summed E-state index contributed by atoms with van der Waals surface area (Å²) in [5, 5.41) is 11.1. The van der Waals surface area contributed by atoms with Crippen molar-refractivity contribution in [3.8, 4) is 0 Å². The fourth-order valence-electron chi connectivity index (χ4n) is 2.04. The molecule has 0 aliphatic carbocycles.